The molecule has 4 heterocycles. The van der Waals surface area contributed by atoms with Gasteiger partial charge in [-0.1, -0.05) is 18.7 Å². The van der Waals surface area contributed by atoms with Gasteiger partial charge in [0.15, 0.2) is 0 Å². The summed E-state index contributed by atoms with van der Waals surface area (Å²) in [5.74, 6) is -0.0279. The number of fused-ring (bicyclic) bond motifs is 1. The summed E-state index contributed by atoms with van der Waals surface area (Å²) in [4.78, 5) is 15.9. The highest BCUT2D eigenvalue weighted by Crippen LogP contribution is 2.33. The van der Waals surface area contributed by atoms with Gasteiger partial charge < -0.3 is 14.9 Å². The number of carbonyl (C=O) groups is 1. The standard InChI is InChI=1S/C26H25N7O2/c1-2-25(35)31-9-7-30(8-10-31)23-5-3-19(4-6-23)24-13-20(22-16-28-32(17-22)11-12-34)18-33-26(24)21(14-27)15-29-33/h2-6,13,15-18,34H,1,7-12H2. The van der Waals surface area contributed by atoms with E-state index in [9.17, 15) is 15.2 Å². The van der Waals surface area contributed by atoms with Gasteiger partial charge >= 0.3 is 0 Å². The molecular weight excluding hydrogens is 442 g/mol. The maximum atomic E-state index is 11.9. The van der Waals surface area contributed by atoms with Gasteiger partial charge in [0.25, 0.3) is 0 Å². The molecule has 1 N–H and O–H groups in total. The first-order valence-corrected chi connectivity index (χ1v) is 11.4. The number of amides is 1. The van der Waals surface area contributed by atoms with Crippen molar-refractivity contribution in [2.24, 2.45) is 0 Å². The molecule has 1 amide bonds. The molecule has 0 atom stereocenters. The van der Waals surface area contributed by atoms with E-state index in [1.165, 1.54) is 6.08 Å². The highest BCUT2D eigenvalue weighted by atomic mass is 16.3. The van der Waals surface area contributed by atoms with Crippen molar-refractivity contribution >= 4 is 17.1 Å². The van der Waals surface area contributed by atoms with Gasteiger partial charge in [0.2, 0.25) is 5.91 Å². The largest absolute Gasteiger partial charge is 0.394 e. The number of hydrogen-bond donors (Lipinski definition) is 1. The summed E-state index contributed by atoms with van der Waals surface area (Å²) >= 11 is 0. The van der Waals surface area contributed by atoms with Crippen LogP contribution in [0.1, 0.15) is 5.56 Å². The zero-order valence-corrected chi connectivity index (χ0v) is 19.2. The third-order valence-electron chi connectivity index (χ3n) is 6.34. The molecule has 1 aliphatic heterocycles. The van der Waals surface area contributed by atoms with Gasteiger partial charge in [-0.25, -0.2) is 4.52 Å². The van der Waals surface area contributed by atoms with Gasteiger partial charge in [0, 0.05) is 61.0 Å². The number of hydrogen-bond acceptors (Lipinski definition) is 6. The minimum Gasteiger partial charge on any atom is -0.394 e. The smallest absolute Gasteiger partial charge is 0.246 e. The SMILES string of the molecule is C=CC(=O)N1CCN(c2ccc(-c3cc(-c4cnn(CCO)c4)cn4ncc(C#N)c34)cc2)CC1. The van der Waals surface area contributed by atoms with Crippen molar-refractivity contribution in [3.63, 3.8) is 0 Å². The number of pyridine rings is 1. The molecule has 9 heteroatoms. The second kappa shape index (κ2) is 9.44. The number of aliphatic hydroxyl groups is 1. The Morgan fingerprint density at radius 3 is 2.51 bits per heavy atom. The fourth-order valence-corrected chi connectivity index (χ4v) is 4.48. The monoisotopic (exact) mass is 467 g/mol. The molecule has 1 aliphatic rings. The molecule has 0 bridgehead atoms. The van der Waals surface area contributed by atoms with Crippen molar-refractivity contribution < 1.29 is 9.90 Å². The lowest BCUT2D eigenvalue weighted by atomic mass is 9.99. The normalized spacial score (nSPS) is 13.7. The van der Waals surface area contributed by atoms with Crippen LogP contribution in [0.4, 0.5) is 5.69 Å². The van der Waals surface area contributed by atoms with Gasteiger partial charge in [0.05, 0.1) is 36.6 Å². The number of piperazine rings is 1. The van der Waals surface area contributed by atoms with Crippen molar-refractivity contribution in [3.8, 4) is 28.3 Å². The van der Waals surface area contributed by atoms with E-state index in [1.54, 1.807) is 21.6 Å². The molecule has 1 fully saturated rings. The topological polar surface area (TPSA) is 103 Å². The van der Waals surface area contributed by atoms with Crippen LogP contribution in [0, 0.1) is 11.3 Å². The molecule has 35 heavy (non-hydrogen) atoms. The molecule has 0 saturated carbocycles. The number of aliphatic hydroxyl groups excluding tert-OH is 1. The Bertz CT molecular complexity index is 1420. The summed E-state index contributed by atoms with van der Waals surface area (Å²) in [5.41, 5.74) is 6.04. The van der Waals surface area contributed by atoms with Crippen LogP contribution in [0.15, 0.2) is 67.8 Å². The average Bonchev–Trinajstić information content (AvgIpc) is 3.55. The molecule has 1 aromatic carbocycles. The summed E-state index contributed by atoms with van der Waals surface area (Å²) in [7, 11) is 0. The van der Waals surface area contributed by atoms with Gasteiger partial charge in [-0.05, 0) is 29.8 Å². The lowest BCUT2D eigenvalue weighted by Gasteiger charge is -2.35. The van der Waals surface area contributed by atoms with Crippen molar-refractivity contribution in [1.29, 1.82) is 5.26 Å². The maximum absolute atomic E-state index is 11.9. The first-order chi connectivity index (χ1) is 17.1. The Kier molecular flexibility index (Phi) is 6.04. The van der Waals surface area contributed by atoms with Crippen LogP contribution in [0.2, 0.25) is 0 Å². The Balaban J connectivity index is 1.48. The molecule has 5 rings (SSSR count). The molecule has 3 aromatic heterocycles. The highest BCUT2D eigenvalue weighted by Gasteiger charge is 2.20. The quantitative estimate of drug-likeness (QED) is 0.437. The van der Waals surface area contributed by atoms with E-state index < -0.39 is 0 Å². The lowest BCUT2D eigenvalue weighted by molar-refractivity contribution is -0.126. The van der Waals surface area contributed by atoms with E-state index in [-0.39, 0.29) is 12.5 Å². The van der Waals surface area contributed by atoms with E-state index in [2.05, 4.69) is 52.0 Å². The number of anilines is 1. The molecule has 4 aromatic rings. The van der Waals surface area contributed by atoms with Crippen LogP contribution >= 0.6 is 0 Å². The van der Waals surface area contributed by atoms with Gasteiger partial charge in [-0.2, -0.15) is 15.5 Å². The number of nitriles is 1. The number of benzene rings is 1. The highest BCUT2D eigenvalue weighted by molar-refractivity contribution is 5.88. The average molecular weight is 468 g/mol. The Morgan fingerprint density at radius 2 is 1.83 bits per heavy atom. The fraction of sp³-hybridized carbons (Fsp3) is 0.231. The van der Waals surface area contributed by atoms with Crippen molar-refractivity contribution in [2.45, 2.75) is 6.54 Å². The van der Waals surface area contributed by atoms with Crippen LogP contribution in [0.5, 0.6) is 0 Å². The van der Waals surface area contributed by atoms with Gasteiger partial charge in [-0.3, -0.25) is 9.48 Å². The summed E-state index contributed by atoms with van der Waals surface area (Å²) in [6.07, 6.45) is 8.47. The zero-order valence-electron chi connectivity index (χ0n) is 19.2. The lowest BCUT2D eigenvalue weighted by Crippen LogP contribution is -2.48. The second-order valence-electron chi connectivity index (χ2n) is 8.38. The van der Waals surface area contributed by atoms with E-state index in [1.807, 2.05) is 23.4 Å². The summed E-state index contributed by atoms with van der Waals surface area (Å²) in [6, 6.07) is 12.6. The fourth-order valence-electron chi connectivity index (χ4n) is 4.48. The van der Waals surface area contributed by atoms with Crippen LogP contribution in [-0.2, 0) is 11.3 Å². The van der Waals surface area contributed by atoms with Crippen LogP contribution in [0.25, 0.3) is 27.8 Å². The Hall–Kier alpha value is -4.42. The minimum atomic E-state index is -0.0279. The number of aromatic nitrogens is 4. The molecule has 9 nitrogen and oxygen atoms in total. The molecule has 0 unspecified atom stereocenters. The van der Waals surface area contributed by atoms with Crippen LogP contribution in [0.3, 0.4) is 0 Å². The van der Waals surface area contributed by atoms with Gasteiger partial charge in [-0.15, -0.1) is 0 Å². The van der Waals surface area contributed by atoms with Gasteiger partial charge in [0.1, 0.15) is 6.07 Å². The van der Waals surface area contributed by atoms with Crippen LogP contribution in [-0.4, -0.2) is 68.1 Å². The molecular formula is C26H25N7O2. The summed E-state index contributed by atoms with van der Waals surface area (Å²) < 4.78 is 3.43. The second-order valence-corrected chi connectivity index (χ2v) is 8.38. The molecule has 0 aliphatic carbocycles. The number of nitrogens with zero attached hydrogens (tertiary/aromatic N) is 7. The van der Waals surface area contributed by atoms with Crippen LogP contribution < -0.4 is 4.90 Å². The molecule has 0 spiro atoms. The van der Waals surface area contributed by atoms with Crippen molar-refractivity contribution in [3.05, 3.63) is 73.3 Å². The maximum Gasteiger partial charge on any atom is 0.246 e. The third-order valence-corrected chi connectivity index (χ3v) is 6.34. The van der Waals surface area contributed by atoms with E-state index in [0.29, 0.717) is 25.2 Å². The first kappa shape index (κ1) is 22.4. The van der Waals surface area contributed by atoms with E-state index in [0.717, 1.165) is 46.5 Å². The van der Waals surface area contributed by atoms with E-state index in [4.69, 9.17) is 0 Å². The zero-order chi connectivity index (χ0) is 24.4. The first-order valence-electron chi connectivity index (χ1n) is 11.4. The summed E-state index contributed by atoms with van der Waals surface area (Å²) in [5, 5.41) is 27.6. The summed E-state index contributed by atoms with van der Waals surface area (Å²) in [6.45, 7) is 6.87. The van der Waals surface area contributed by atoms with Crippen molar-refractivity contribution in [1.82, 2.24) is 24.3 Å². The van der Waals surface area contributed by atoms with Crippen molar-refractivity contribution in [2.75, 3.05) is 37.7 Å². The van der Waals surface area contributed by atoms with E-state index >= 15 is 0 Å². The predicted octanol–water partition coefficient (Wildman–Crippen LogP) is 2.56. The predicted molar refractivity (Wildman–Crippen MR) is 133 cm³/mol. The Morgan fingerprint density at radius 1 is 1.06 bits per heavy atom. The molecule has 1 saturated heterocycles. The number of rotatable bonds is 6. The molecule has 176 valence electrons. The number of carbonyl (C=O) groups excluding carboxylic acids is 1. The Labute approximate surface area is 202 Å². The minimum absolute atomic E-state index is 0.0159. The third kappa shape index (κ3) is 4.27. The molecule has 0 radical (unpaired) electrons.